The molecule has 1 amide bonds. The summed E-state index contributed by atoms with van der Waals surface area (Å²) in [4.78, 5) is 14.3. The Labute approximate surface area is 88.5 Å². The Kier molecular flexibility index (Phi) is 3.34. The Hall–Kier alpha value is -1.52. The summed E-state index contributed by atoms with van der Waals surface area (Å²) in [5.74, 6) is 1.38. The van der Waals surface area contributed by atoms with Crippen LogP contribution in [0.25, 0.3) is 0 Å². The minimum atomic E-state index is -1.03. The van der Waals surface area contributed by atoms with E-state index in [2.05, 4.69) is 10.3 Å². The van der Waals surface area contributed by atoms with Gasteiger partial charge in [-0.2, -0.15) is 0 Å². The van der Waals surface area contributed by atoms with E-state index in [1.54, 1.807) is 6.20 Å². The summed E-state index contributed by atoms with van der Waals surface area (Å²) in [6.07, 6.45) is 1.14. The molecule has 0 aliphatic carbocycles. The van der Waals surface area contributed by atoms with E-state index in [0.29, 0.717) is 18.9 Å². The molecule has 0 aliphatic heterocycles. The lowest BCUT2D eigenvalue weighted by molar-refractivity contribution is 0.194. The van der Waals surface area contributed by atoms with E-state index >= 15 is 0 Å². The standard InChI is InChI=1S/C10H16N2O3/c1-10(2,3)7-6-12-8(15-7)4-5-11-9(13)14/h6,11H,4-5H2,1-3H3,(H,13,14). The van der Waals surface area contributed by atoms with Gasteiger partial charge in [0.15, 0.2) is 5.89 Å². The first-order valence-corrected chi connectivity index (χ1v) is 4.81. The predicted octanol–water partition coefficient (Wildman–Crippen LogP) is 1.78. The summed E-state index contributed by atoms with van der Waals surface area (Å²) in [7, 11) is 0. The summed E-state index contributed by atoms with van der Waals surface area (Å²) in [6, 6.07) is 0. The molecule has 2 N–H and O–H groups in total. The number of amides is 1. The fraction of sp³-hybridized carbons (Fsp3) is 0.600. The van der Waals surface area contributed by atoms with Crippen LogP contribution in [0.15, 0.2) is 10.6 Å². The lowest BCUT2D eigenvalue weighted by Crippen LogP contribution is -2.23. The Morgan fingerprint density at radius 1 is 1.60 bits per heavy atom. The normalized spacial score (nSPS) is 11.4. The fourth-order valence-electron chi connectivity index (χ4n) is 1.05. The molecule has 15 heavy (non-hydrogen) atoms. The molecule has 0 saturated heterocycles. The second kappa shape index (κ2) is 4.33. The molecule has 0 bridgehead atoms. The van der Waals surface area contributed by atoms with Crippen molar-refractivity contribution >= 4 is 6.09 Å². The average Bonchev–Trinajstić information content (AvgIpc) is 2.51. The van der Waals surface area contributed by atoms with Crippen LogP contribution in [0.5, 0.6) is 0 Å². The number of aromatic nitrogens is 1. The van der Waals surface area contributed by atoms with Crippen LogP contribution >= 0.6 is 0 Å². The molecule has 5 nitrogen and oxygen atoms in total. The summed E-state index contributed by atoms with van der Waals surface area (Å²) in [5.41, 5.74) is -0.0640. The van der Waals surface area contributed by atoms with Gasteiger partial charge in [-0.05, 0) is 0 Å². The zero-order valence-corrected chi connectivity index (χ0v) is 9.20. The van der Waals surface area contributed by atoms with Crippen LogP contribution in [0.2, 0.25) is 0 Å². The summed E-state index contributed by atoms with van der Waals surface area (Å²) >= 11 is 0. The zero-order valence-electron chi connectivity index (χ0n) is 9.20. The van der Waals surface area contributed by atoms with Crippen LogP contribution in [0.4, 0.5) is 4.79 Å². The van der Waals surface area contributed by atoms with Crippen molar-refractivity contribution in [3.8, 4) is 0 Å². The molecule has 0 saturated carbocycles. The molecule has 0 aromatic carbocycles. The highest BCUT2D eigenvalue weighted by Gasteiger charge is 2.18. The topological polar surface area (TPSA) is 75.4 Å². The third-order valence-electron chi connectivity index (χ3n) is 1.91. The molecule has 0 spiro atoms. The SMILES string of the molecule is CC(C)(C)c1cnc(CCNC(=O)O)o1. The first-order chi connectivity index (χ1) is 6.89. The molecular weight excluding hydrogens is 196 g/mol. The highest BCUT2D eigenvalue weighted by molar-refractivity contribution is 5.64. The zero-order chi connectivity index (χ0) is 11.5. The van der Waals surface area contributed by atoms with Crippen molar-refractivity contribution in [1.29, 1.82) is 0 Å². The molecule has 0 atom stereocenters. The van der Waals surface area contributed by atoms with Crippen LogP contribution < -0.4 is 5.32 Å². The predicted molar refractivity (Wildman–Crippen MR) is 54.9 cm³/mol. The van der Waals surface area contributed by atoms with Gasteiger partial charge < -0.3 is 14.8 Å². The number of carbonyl (C=O) groups is 1. The number of oxazole rings is 1. The number of hydrogen-bond donors (Lipinski definition) is 2. The number of carboxylic acid groups (broad SMARTS) is 1. The largest absolute Gasteiger partial charge is 0.465 e. The molecule has 0 fully saturated rings. The Balaban J connectivity index is 2.50. The van der Waals surface area contributed by atoms with Crippen molar-refractivity contribution in [2.75, 3.05) is 6.54 Å². The van der Waals surface area contributed by atoms with E-state index in [1.807, 2.05) is 20.8 Å². The van der Waals surface area contributed by atoms with Gasteiger partial charge in [-0.3, -0.25) is 0 Å². The van der Waals surface area contributed by atoms with Gasteiger partial charge >= 0.3 is 6.09 Å². The van der Waals surface area contributed by atoms with E-state index in [9.17, 15) is 4.79 Å². The molecule has 84 valence electrons. The van der Waals surface area contributed by atoms with Crippen LogP contribution in [0.1, 0.15) is 32.4 Å². The average molecular weight is 212 g/mol. The smallest absolute Gasteiger partial charge is 0.404 e. The van der Waals surface area contributed by atoms with Gasteiger partial charge in [0, 0.05) is 18.4 Å². The number of nitrogens with one attached hydrogen (secondary N) is 1. The van der Waals surface area contributed by atoms with Crippen molar-refractivity contribution in [3.05, 3.63) is 17.8 Å². The molecular formula is C10H16N2O3. The molecule has 1 rings (SSSR count). The minimum absolute atomic E-state index is 0.0640. The van der Waals surface area contributed by atoms with E-state index in [0.717, 1.165) is 5.76 Å². The second-order valence-corrected chi connectivity index (χ2v) is 4.35. The van der Waals surface area contributed by atoms with Gasteiger partial charge in [-0.1, -0.05) is 20.8 Å². The quantitative estimate of drug-likeness (QED) is 0.800. The lowest BCUT2D eigenvalue weighted by atomic mass is 9.94. The minimum Gasteiger partial charge on any atom is -0.465 e. The van der Waals surface area contributed by atoms with Crippen LogP contribution in [-0.2, 0) is 11.8 Å². The summed E-state index contributed by atoms with van der Waals surface area (Å²) in [6.45, 7) is 6.42. The fourth-order valence-corrected chi connectivity index (χ4v) is 1.05. The Morgan fingerprint density at radius 3 is 2.73 bits per heavy atom. The highest BCUT2D eigenvalue weighted by atomic mass is 16.4. The molecule has 1 aromatic heterocycles. The molecule has 1 aromatic rings. The maximum Gasteiger partial charge on any atom is 0.404 e. The molecule has 0 unspecified atom stereocenters. The Bertz CT molecular complexity index is 339. The highest BCUT2D eigenvalue weighted by Crippen LogP contribution is 2.22. The third kappa shape index (κ3) is 3.61. The van der Waals surface area contributed by atoms with Crippen molar-refractivity contribution in [3.63, 3.8) is 0 Å². The van der Waals surface area contributed by atoms with Gasteiger partial charge in [0.05, 0.1) is 6.20 Å². The van der Waals surface area contributed by atoms with E-state index in [-0.39, 0.29) is 5.41 Å². The van der Waals surface area contributed by atoms with E-state index in [1.165, 1.54) is 0 Å². The second-order valence-electron chi connectivity index (χ2n) is 4.35. The Morgan fingerprint density at radius 2 is 2.27 bits per heavy atom. The molecule has 0 radical (unpaired) electrons. The molecule has 1 heterocycles. The molecule has 0 aliphatic rings. The number of rotatable bonds is 3. The third-order valence-corrected chi connectivity index (χ3v) is 1.91. The van der Waals surface area contributed by atoms with Crippen LogP contribution in [0, 0.1) is 0 Å². The van der Waals surface area contributed by atoms with Gasteiger partial charge in [-0.25, -0.2) is 9.78 Å². The molecule has 5 heteroatoms. The van der Waals surface area contributed by atoms with E-state index < -0.39 is 6.09 Å². The van der Waals surface area contributed by atoms with Gasteiger partial charge in [0.2, 0.25) is 0 Å². The van der Waals surface area contributed by atoms with Crippen molar-refractivity contribution < 1.29 is 14.3 Å². The number of hydrogen-bond acceptors (Lipinski definition) is 3. The van der Waals surface area contributed by atoms with Gasteiger partial charge in [-0.15, -0.1) is 0 Å². The van der Waals surface area contributed by atoms with Crippen LogP contribution in [-0.4, -0.2) is 22.7 Å². The maximum absolute atomic E-state index is 10.2. The van der Waals surface area contributed by atoms with Crippen molar-refractivity contribution in [2.24, 2.45) is 0 Å². The lowest BCUT2D eigenvalue weighted by Gasteiger charge is -2.13. The van der Waals surface area contributed by atoms with E-state index in [4.69, 9.17) is 9.52 Å². The summed E-state index contributed by atoms with van der Waals surface area (Å²) < 4.78 is 5.49. The number of nitrogens with zero attached hydrogens (tertiary/aromatic N) is 1. The van der Waals surface area contributed by atoms with Gasteiger partial charge in [0.1, 0.15) is 5.76 Å². The van der Waals surface area contributed by atoms with Crippen molar-refractivity contribution in [1.82, 2.24) is 10.3 Å². The monoisotopic (exact) mass is 212 g/mol. The van der Waals surface area contributed by atoms with Crippen molar-refractivity contribution in [2.45, 2.75) is 32.6 Å². The van der Waals surface area contributed by atoms with Crippen LogP contribution in [0.3, 0.4) is 0 Å². The first-order valence-electron chi connectivity index (χ1n) is 4.81. The first kappa shape index (κ1) is 11.6. The van der Waals surface area contributed by atoms with Gasteiger partial charge in [0.25, 0.3) is 0 Å². The summed E-state index contributed by atoms with van der Waals surface area (Å²) in [5, 5.41) is 10.6. The maximum atomic E-state index is 10.2.